The highest BCUT2D eigenvalue weighted by Crippen LogP contribution is 2.31. The van der Waals surface area contributed by atoms with Crippen LogP contribution < -0.4 is 10.1 Å². The van der Waals surface area contributed by atoms with E-state index in [1.54, 1.807) is 12.1 Å². The predicted molar refractivity (Wildman–Crippen MR) is 82.8 cm³/mol. The summed E-state index contributed by atoms with van der Waals surface area (Å²) in [4.78, 5) is 12.3. The van der Waals surface area contributed by atoms with E-state index in [-0.39, 0.29) is 11.9 Å². The standard InChI is InChI=1S/C17H16ClNO2/c18-11-12-5-7-13(8-6-12)17(20)19-15-9-10-21-16-4-2-1-3-14(15)16/h1-8,15H,9-11H2,(H,19,20). The number of fused-ring (bicyclic) bond motifs is 1. The molecular weight excluding hydrogens is 286 g/mol. The lowest BCUT2D eigenvalue weighted by atomic mass is 10.00. The van der Waals surface area contributed by atoms with Gasteiger partial charge in [0.25, 0.3) is 5.91 Å². The average Bonchev–Trinajstić information content (AvgIpc) is 2.55. The zero-order valence-electron chi connectivity index (χ0n) is 11.5. The first-order valence-corrected chi connectivity index (χ1v) is 7.49. The number of halogens is 1. The lowest BCUT2D eigenvalue weighted by Crippen LogP contribution is -2.32. The van der Waals surface area contributed by atoms with Crippen LogP contribution in [0.1, 0.15) is 33.9 Å². The van der Waals surface area contributed by atoms with Crippen LogP contribution in [0, 0.1) is 0 Å². The fraction of sp³-hybridized carbons (Fsp3) is 0.235. The first kappa shape index (κ1) is 14.0. The number of ether oxygens (including phenoxy) is 1. The van der Waals surface area contributed by atoms with Gasteiger partial charge in [0.1, 0.15) is 5.75 Å². The number of hydrogen-bond acceptors (Lipinski definition) is 2. The molecule has 108 valence electrons. The Hall–Kier alpha value is -2.00. The summed E-state index contributed by atoms with van der Waals surface area (Å²) < 4.78 is 5.61. The average molecular weight is 302 g/mol. The second-order valence-corrected chi connectivity index (χ2v) is 5.30. The Morgan fingerprint density at radius 3 is 2.71 bits per heavy atom. The van der Waals surface area contributed by atoms with Crippen molar-refractivity contribution in [2.24, 2.45) is 0 Å². The molecule has 1 unspecified atom stereocenters. The summed E-state index contributed by atoms with van der Waals surface area (Å²) in [5.74, 6) is 1.24. The second kappa shape index (κ2) is 6.19. The molecule has 1 atom stereocenters. The Morgan fingerprint density at radius 1 is 1.19 bits per heavy atom. The van der Waals surface area contributed by atoms with Crippen molar-refractivity contribution in [2.45, 2.75) is 18.3 Å². The van der Waals surface area contributed by atoms with Crippen molar-refractivity contribution in [3.63, 3.8) is 0 Å². The molecule has 0 fully saturated rings. The lowest BCUT2D eigenvalue weighted by Gasteiger charge is -2.26. The van der Waals surface area contributed by atoms with Crippen molar-refractivity contribution >= 4 is 17.5 Å². The summed E-state index contributed by atoms with van der Waals surface area (Å²) in [5, 5.41) is 3.08. The maximum absolute atomic E-state index is 12.3. The minimum Gasteiger partial charge on any atom is -0.493 e. The van der Waals surface area contributed by atoms with Gasteiger partial charge in [-0.25, -0.2) is 0 Å². The number of rotatable bonds is 3. The van der Waals surface area contributed by atoms with Gasteiger partial charge in [-0.2, -0.15) is 0 Å². The number of carbonyl (C=O) groups is 1. The molecule has 0 spiro atoms. The summed E-state index contributed by atoms with van der Waals surface area (Å²) in [6.07, 6.45) is 0.780. The highest BCUT2D eigenvalue weighted by Gasteiger charge is 2.22. The molecule has 2 aromatic carbocycles. The fourth-order valence-corrected chi connectivity index (χ4v) is 2.66. The van der Waals surface area contributed by atoms with Crippen LogP contribution in [0.5, 0.6) is 5.75 Å². The van der Waals surface area contributed by atoms with E-state index in [2.05, 4.69) is 5.32 Å². The van der Waals surface area contributed by atoms with Gasteiger partial charge in [0.05, 0.1) is 12.6 Å². The number of para-hydroxylation sites is 1. The van der Waals surface area contributed by atoms with Crippen LogP contribution in [-0.2, 0) is 5.88 Å². The largest absolute Gasteiger partial charge is 0.493 e. The normalized spacial score (nSPS) is 16.7. The van der Waals surface area contributed by atoms with Crippen molar-refractivity contribution in [3.8, 4) is 5.75 Å². The zero-order chi connectivity index (χ0) is 14.7. The Labute approximate surface area is 128 Å². The molecule has 3 nitrogen and oxygen atoms in total. The first-order valence-electron chi connectivity index (χ1n) is 6.95. The van der Waals surface area contributed by atoms with Gasteiger partial charge in [-0.1, -0.05) is 30.3 Å². The van der Waals surface area contributed by atoms with Crippen LogP contribution in [-0.4, -0.2) is 12.5 Å². The summed E-state index contributed by atoms with van der Waals surface area (Å²) in [5.41, 5.74) is 2.69. The monoisotopic (exact) mass is 301 g/mol. The van der Waals surface area contributed by atoms with E-state index >= 15 is 0 Å². The smallest absolute Gasteiger partial charge is 0.251 e. The van der Waals surface area contributed by atoms with Crippen LogP contribution in [0.3, 0.4) is 0 Å². The summed E-state index contributed by atoms with van der Waals surface area (Å²) >= 11 is 5.76. The van der Waals surface area contributed by atoms with E-state index in [0.29, 0.717) is 18.1 Å². The minimum absolute atomic E-state index is 0.00449. The minimum atomic E-state index is -0.0715. The molecule has 0 radical (unpaired) electrons. The number of amides is 1. The maximum atomic E-state index is 12.3. The van der Waals surface area contributed by atoms with Crippen molar-refractivity contribution in [2.75, 3.05) is 6.61 Å². The van der Waals surface area contributed by atoms with Gasteiger partial charge in [-0.3, -0.25) is 4.79 Å². The molecule has 21 heavy (non-hydrogen) atoms. The van der Waals surface area contributed by atoms with E-state index in [4.69, 9.17) is 16.3 Å². The van der Waals surface area contributed by atoms with E-state index in [1.165, 1.54) is 0 Å². The number of hydrogen-bond donors (Lipinski definition) is 1. The maximum Gasteiger partial charge on any atom is 0.251 e. The van der Waals surface area contributed by atoms with Crippen molar-refractivity contribution in [1.29, 1.82) is 0 Å². The Kier molecular flexibility index (Phi) is 4.11. The predicted octanol–water partition coefficient (Wildman–Crippen LogP) is 3.68. The molecule has 2 aromatic rings. The molecule has 1 N–H and O–H groups in total. The third-order valence-corrected chi connectivity index (χ3v) is 3.94. The molecule has 0 aromatic heterocycles. The van der Waals surface area contributed by atoms with Gasteiger partial charge in [0, 0.05) is 23.4 Å². The van der Waals surface area contributed by atoms with Crippen molar-refractivity contribution in [3.05, 3.63) is 65.2 Å². The van der Waals surface area contributed by atoms with Crippen LogP contribution in [0.2, 0.25) is 0 Å². The van der Waals surface area contributed by atoms with Crippen molar-refractivity contribution < 1.29 is 9.53 Å². The highest BCUT2D eigenvalue weighted by molar-refractivity contribution is 6.17. The van der Waals surface area contributed by atoms with E-state index in [0.717, 1.165) is 23.3 Å². The molecule has 1 aliphatic heterocycles. The third-order valence-electron chi connectivity index (χ3n) is 3.63. The van der Waals surface area contributed by atoms with Gasteiger partial charge in [-0.05, 0) is 23.8 Å². The van der Waals surface area contributed by atoms with E-state index in [9.17, 15) is 4.79 Å². The second-order valence-electron chi connectivity index (χ2n) is 5.03. The lowest BCUT2D eigenvalue weighted by molar-refractivity contribution is 0.0925. The van der Waals surface area contributed by atoms with Gasteiger partial charge in [-0.15, -0.1) is 11.6 Å². The summed E-state index contributed by atoms with van der Waals surface area (Å²) in [6.45, 7) is 0.618. The van der Waals surface area contributed by atoms with Gasteiger partial charge >= 0.3 is 0 Å². The molecule has 0 aliphatic carbocycles. The van der Waals surface area contributed by atoms with Crippen LogP contribution in [0.15, 0.2) is 48.5 Å². The van der Waals surface area contributed by atoms with E-state index in [1.807, 2.05) is 36.4 Å². The van der Waals surface area contributed by atoms with Gasteiger partial charge in [0.2, 0.25) is 0 Å². The summed E-state index contributed by atoms with van der Waals surface area (Å²) in [6, 6.07) is 15.2. The van der Waals surface area contributed by atoms with Crippen LogP contribution >= 0.6 is 11.6 Å². The van der Waals surface area contributed by atoms with Crippen LogP contribution in [0.4, 0.5) is 0 Å². The molecule has 0 bridgehead atoms. The molecule has 0 saturated carbocycles. The van der Waals surface area contributed by atoms with Crippen molar-refractivity contribution in [1.82, 2.24) is 5.32 Å². The SMILES string of the molecule is O=C(NC1CCOc2ccccc21)c1ccc(CCl)cc1. The summed E-state index contributed by atoms with van der Waals surface area (Å²) in [7, 11) is 0. The van der Waals surface area contributed by atoms with Gasteiger partial charge in [0.15, 0.2) is 0 Å². The Balaban J connectivity index is 1.76. The number of carbonyl (C=O) groups excluding carboxylic acids is 1. The number of alkyl halides is 1. The topological polar surface area (TPSA) is 38.3 Å². The van der Waals surface area contributed by atoms with E-state index < -0.39 is 0 Å². The molecule has 1 heterocycles. The molecule has 4 heteroatoms. The highest BCUT2D eigenvalue weighted by atomic mass is 35.5. The molecular formula is C17H16ClNO2. The molecule has 0 saturated heterocycles. The number of nitrogens with one attached hydrogen (secondary N) is 1. The Morgan fingerprint density at radius 2 is 1.95 bits per heavy atom. The first-order chi connectivity index (χ1) is 10.3. The quantitative estimate of drug-likeness (QED) is 0.878. The third kappa shape index (κ3) is 3.03. The molecule has 1 amide bonds. The van der Waals surface area contributed by atoms with Crippen LogP contribution in [0.25, 0.3) is 0 Å². The number of benzene rings is 2. The van der Waals surface area contributed by atoms with Gasteiger partial charge < -0.3 is 10.1 Å². The Bertz CT molecular complexity index is 639. The molecule has 1 aliphatic rings. The zero-order valence-corrected chi connectivity index (χ0v) is 12.3. The fourth-order valence-electron chi connectivity index (χ4n) is 2.48. The molecule has 3 rings (SSSR count).